The number of nitrogens with zero attached hydrogens (tertiary/aromatic N) is 2. The average molecular weight is 386 g/mol. The van der Waals surface area contributed by atoms with E-state index in [0.717, 1.165) is 32.4 Å². The lowest BCUT2D eigenvalue weighted by atomic mass is 10.1. The van der Waals surface area contributed by atoms with Gasteiger partial charge in [-0.05, 0) is 57.6 Å². The van der Waals surface area contributed by atoms with Crippen LogP contribution in [0.2, 0.25) is 5.02 Å². The molecule has 1 aliphatic rings. The van der Waals surface area contributed by atoms with Gasteiger partial charge in [0.2, 0.25) is 5.91 Å². The molecular formula is C18H25ClFN3O3. The second kappa shape index (κ2) is 9.85. The van der Waals surface area contributed by atoms with Gasteiger partial charge in [0.05, 0.1) is 12.2 Å². The third-order valence-electron chi connectivity index (χ3n) is 4.66. The average Bonchev–Trinajstić information content (AvgIpc) is 2.80. The molecule has 0 aromatic heterocycles. The number of anilines is 1. The molecule has 0 radical (unpaired) electrons. The third-order valence-corrected chi connectivity index (χ3v) is 4.89. The maximum atomic E-state index is 13.7. The van der Waals surface area contributed by atoms with Gasteiger partial charge in [-0.2, -0.15) is 0 Å². The standard InChI is InChI=1S/C18H25ClFN3O3/c1-22(12-18(25)26)14-3-2-8-23(9-6-14)10-7-17(24)21-16-5-4-13(19)11-15(16)20/h4-5,11,14H,2-3,6-10,12H2,1H3,(H,21,24)(H,25,26). The van der Waals surface area contributed by atoms with Crippen molar-refractivity contribution in [3.8, 4) is 0 Å². The number of carboxylic acid groups (broad SMARTS) is 1. The lowest BCUT2D eigenvalue weighted by Gasteiger charge is -2.25. The number of hydrogen-bond acceptors (Lipinski definition) is 4. The fourth-order valence-electron chi connectivity index (χ4n) is 3.21. The van der Waals surface area contributed by atoms with Gasteiger partial charge in [0.1, 0.15) is 5.82 Å². The van der Waals surface area contributed by atoms with E-state index in [4.69, 9.17) is 16.7 Å². The molecule has 6 nitrogen and oxygen atoms in total. The van der Waals surface area contributed by atoms with Crippen molar-refractivity contribution in [3.63, 3.8) is 0 Å². The van der Waals surface area contributed by atoms with Crippen LogP contribution in [0.1, 0.15) is 25.7 Å². The largest absolute Gasteiger partial charge is 0.480 e. The van der Waals surface area contributed by atoms with Crippen molar-refractivity contribution in [3.05, 3.63) is 29.0 Å². The van der Waals surface area contributed by atoms with Crippen LogP contribution < -0.4 is 5.32 Å². The molecule has 1 fully saturated rings. The Bertz CT molecular complexity index is 644. The van der Waals surface area contributed by atoms with Crippen LogP contribution in [-0.2, 0) is 9.59 Å². The van der Waals surface area contributed by atoms with E-state index in [2.05, 4.69) is 10.2 Å². The monoisotopic (exact) mass is 385 g/mol. The Hall–Kier alpha value is -1.70. The summed E-state index contributed by atoms with van der Waals surface area (Å²) in [6.07, 6.45) is 3.05. The van der Waals surface area contributed by atoms with Gasteiger partial charge in [0.15, 0.2) is 0 Å². The summed E-state index contributed by atoms with van der Waals surface area (Å²) >= 11 is 5.70. The predicted molar refractivity (Wildman–Crippen MR) is 99.0 cm³/mol. The molecule has 1 aromatic rings. The lowest BCUT2D eigenvalue weighted by Crippen LogP contribution is -2.36. The molecule has 1 heterocycles. The fraction of sp³-hybridized carbons (Fsp3) is 0.556. The molecule has 0 bridgehead atoms. The minimum Gasteiger partial charge on any atom is -0.480 e. The summed E-state index contributed by atoms with van der Waals surface area (Å²) in [5.74, 6) is -1.61. The molecule has 1 unspecified atom stereocenters. The number of rotatable bonds is 7. The van der Waals surface area contributed by atoms with Crippen molar-refractivity contribution in [2.24, 2.45) is 0 Å². The Morgan fingerprint density at radius 2 is 2.15 bits per heavy atom. The summed E-state index contributed by atoms with van der Waals surface area (Å²) < 4.78 is 13.7. The van der Waals surface area contributed by atoms with Gasteiger partial charge in [-0.25, -0.2) is 4.39 Å². The third kappa shape index (κ3) is 6.55. The van der Waals surface area contributed by atoms with E-state index in [9.17, 15) is 14.0 Å². The second-order valence-electron chi connectivity index (χ2n) is 6.66. The summed E-state index contributed by atoms with van der Waals surface area (Å²) in [5, 5.41) is 11.8. The first-order valence-electron chi connectivity index (χ1n) is 8.74. The fourth-order valence-corrected chi connectivity index (χ4v) is 3.37. The van der Waals surface area contributed by atoms with Crippen LogP contribution in [0.15, 0.2) is 18.2 Å². The van der Waals surface area contributed by atoms with Gasteiger partial charge >= 0.3 is 5.97 Å². The van der Waals surface area contributed by atoms with Crippen molar-refractivity contribution in [2.45, 2.75) is 31.7 Å². The summed E-state index contributed by atoms with van der Waals surface area (Å²) in [6, 6.07) is 4.39. The topological polar surface area (TPSA) is 72.9 Å². The first-order chi connectivity index (χ1) is 12.3. The van der Waals surface area contributed by atoms with Crippen LogP contribution in [0.4, 0.5) is 10.1 Å². The first kappa shape index (κ1) is 20.6. The van der Waals surface area contributed by atoms with E-state index in [-0.39, 0.29) is 35.6 Å². The van der Waals surface area contributed by atoms with Crippen LogP contribution in [0.25, 0.3) is 0 Å². The van der Waals surface area contributed by atoms with Gasteiger partial charge in [-0.15, -0.1) is 0 Å². The van der Waals surface area contributed by atoms with Crippen molar-refractivity contribution in [1.82, 2.24) is 9.80 Å². The van der Waals surface area contributed by atoms with Crippen molar-refractivity contribution < 1.29 is 19.1 Å². The summed E-state index contributed by atoms with van der Waals surface area (Å²) in [7, 11) is 1.84. The van der Waals surface area contributed by atoms with Gasteiger partial charge < -0.3 is 15.3 Å². The second-order valence-corrected chi connectivity index (χ2v) is 7.09. The Kier molecular flexibility index (Phi) is 7.81. The number of likely N-dealkylation sites (tertiary alicyclic amines) is 1. The van der Waals surface area contributed by atoms with Crippen molar-refractivity contribution in [2.75, 3.05) is 38.5 Å². The normalized spacial score (nSPS) is 18.5. The number of carbonyl (C=O) groups is 2. The maximum absolute atomic E-state index is 13.7. The molecule has 1 aromatic carbocycles. The molecule has 2 rings (SSSR count). The smallest absolute Gasteiger partial charge is 0.317 e. The number of hydrogen-bond donors (Lipinski definition) is 2. The summed E-state index contributed by atoms with van der Waals surface area (Å²) in [4.78, 5) is 27.0. The molecule has 1 atom stereocenters. The highest BCUT2D eigenvalue weighted by Gasteiger charge is 2.22. The minimum absolute atomic E-state index is 0.0414. The maximum Gasteiger partial charge on any atom is 0.317 e. The molecule has 1 aliphatic heterocycles. The first-order valence-corrected chi connectivity index (χ1v) is 9.12. The highest BCUT2D eigenvalue weighted by Crippen LogP contribution is 2.19. The van der Waals surface area contributed by atoms with Crippen molar-refractivity contribution >= 4 is 29.2 Å². The molecule has 2 N–H and O–H groups in total. The van der Waals surface area contributed by atoms with Gasteiger partial charge in [0, 0.05) is 24.0 Å². The number of carboxylic acids is 1. The molecule has 0 aliphatic carbocycles. The van der Waals surface area contributed by atoms with Crippen LogP contribution in [0, 0.1) is 5.82 Å². The van der Waals surface area contributed by atoms with Gasteiger partial charge in [0.25, 0.3) is 0 Å². The Morgan fingerprint density at radius 3 is 2.85 bits per heavy atom. The van der Waals surface area contributed by atoms with E-state index in [1.54, 1.807) is 0 Å². The van der Waals surface area contributed by atoms with Crippen LogP contribution >= 0.6 is 11.6 Å². The summed E-state index contributed by atoms with van der Waals surface area (Å²) in [6.45, 7) is 2.33. The Labute approximate surface area is 157 Å². The van der Waals surface area contributed by atoms with Crippen LogP contribution in [0.3, 0.4) is 0 Å². The zero-order valence-corrected chi connectivity index (χ0v) is 15.6. The molecule has 0 saturated carbocycles. The van der Waals surface area contributed by atoms with Gasteiger partial charge in [-0.1, -0.05) is 11.6 Å². The Morgan fingerprint density at radius 1 is 1.38 bits per heavy atom. The summed E-state index contributed by atoms with van der Waals surface area (Å²) in [5.41, 5.74) is 0.130. The number of amides is 1. The molecule has 1 saturated heterocycles. The van der Waals surface area contributed by atoms with Crippen LogP contribution in [-0.4, -0.2) is 66.1 Å². The number of likely N-dealkylation sites (N-methyl/N-ethyl adjacent to an activating group) is 1. The minimum atomic E-state index is -0.820. The molecule has 144 valence electrons. The van der Waals surface area contributed by atoms with E-state index >= 15 is 0 Å². The van der Waals surface area contributed by atoms with E-state index in [0.29, 0.717) is 6.54 Å². The SMILES string of the molecule is CN(CC(=O)O)C1CCCN(CCC(=O)Nc2ccc(Cl)cc2F)CC1. The number of halogens is 2. The van der Waals surface area contributed by atoms with E-state index < -0.39 is 11.8 Å². The molecule has 1 amide bonds. The van der Waals surface area contributed by atoms with E-state index in [1.807, 2.05) is 11.9 Å². The highest BCUT2D eigenvalue weighted by atomic mass is 35.5. The van der Waals surface area contributed by atoms with Gasteiger partial charge in [-0.3, -0.25) is 14.5 Å². The lowest BCUT2D eigenvalue weighted by molar-refractivity contribution is -0.138. The van der Waals surface area contributed by atoms with E-state index in [1.165, 1.54) is 18.2 Å². The molecular weight excluding hydrogens is 361 g/mol. The quantitative estimate of drug-likeness (QED) is 0.755. The zero-order valence-electron chi connectivity index (χ0n) is 14.9. The molecule has 26 heavy (non-hydrogen) atoms. The number of aliphatic carboxylic acids is 1. The number of nitrogens with one attached hydrogen (secondary N) is 1. The highest BCUT2D eigenvalue weighted by molar-refractivity contribution is 6.30. The predicted octanol–water partition coefficient (Wildman–Crippen LogP) is 2.68. The zero-order chi connectivity index (χ0) is 19.1. The Balaban J connectivity index is 1.77. The van der Waals surface area contributed by atoms with Crippen molar-refractivity contribution in [1.29, 1.82) is 0 Å². The molecule has 8 heteroatoms. The molecule has 0 spiro atoms. The number of benzene rings is 1. The van der Waals surface area contributed by atoms with Crippen LogP contribution in [0.5, 0.6) is 0 Å². The number of carbonyl (C=O) groups excluding carboxylic acids is 1.